The summed E-state index contributed by atoms with van der Waals surface area (Å²) in [6, 6.07) is 142. The number of aryl methyl sites for hydroxylation is 9. The molecule has 0 aliphatic heterocycles. The van der Waals surface area contributed by atoms with Gasteiger partial charge in [-0.3, -0.25) is 0 Å². The Bertz CT molecular complexity index is 8580. The molecule has 0 radical (unpaired) electrons. The summed E-state index contributed by atoms with van der Waals surface area (Å²) in [6.45, 7) is 19.1. The topological polar surface area (TPSA) is 65.7 Å². The number of hydrogen-bond donors (Lipinski definition) is 0. The van der Waals surface area contributed by atoms with E-state index in [0.717, 1.165) is 55.8 Å². The summed E-state index contributed by atoms with van der Waals surface area (Å²) in [4.78, 5) is 0. The fraction of sp³-hybridized carbons (Fsp3) is 0.0732. The fourth-order valence-electron chi connectivity index (χ4n) is 17.8. The van der Waals surface area contributed by atoms with E-state index in [1.165, 1.54) is 196 Å². The fourth-order valence-corrected chi connectivity index (χ4v) is 22.4. The first kappa shape index (κ1) is 85.2. The molecule has 0 unspecified atom stereocenters. The minimum absolute atomic E-state index is 0.947. The van der Waals surface area contributed by atoms with Gasteiger partial charge in [0.15, 0.2) is 0 Å². The van der Waals surface area contributed by atoms with Crippen LogP contribution in [0.5, 0.6) is 0 Å². The smallest absolute Gasteiger partial charge is 0.138 e. The van der Waals surface area contributed by atoms with Gasteiger partial charge in [0.2, 0.25) is 0 Å². The van der Waals surface area contributed by atoms with E-state index in [2.05, 4.69) is 366 Å². The first-order chi connectivity index (χ1) is 64.6. The van der Waals surface area contributed by atoms with Gasteiger partial charge in [0.05, 0.1) is 0 Å². The van der Waals surface area contributed by atoms with Crippen LogP contribution in [0.25, 0.3) is 202 Å². The molecule has 9 heteroatoms. The summed E-state index contributed by atoms with van der Waals surface area (Å²) in [7, 11) is 0. The first-order valence-electron chi connectivity index (χ1n) is 44.6. The number of thiophene rings is 4. The summed E-state index contributed by atoms with van der Waals surface area (Å²) in [5.74, 6) is 0. The van der Waals surface area contributed by atoms with E-state index in [9.17, 15) is 0 Å². The van der Waals surface area contributed by atoms with Gasteiger partial charge in [0, 0.05) is 135 Å². The Hall–Kier alpha value is -14.9. The quantitative estimate of drug-likeness (QED) is 0.164. The SMILES string of the molecule is Cc1ccc2c(c1)oc1ccccc12.Cc1ccc2c(c1)sc1ccccc12.Cc1ccc2oc3ccccc3c2c1.Cc1ccc2sc3ccccc3c2c1.Cc1cccc(-c2ccc3oc4ccccc4c3c2)c1.Cc1cccc2c1oc1ccccc12.Cc1cccc2c1sc1ccccc12.Cc1cccc2oc3ccccc3c12.Cc1cccc2sc3ccccc3c12. The number of benzene rings is 19. The van der Waals surface area contributed by atoms with Crippen LogP contribution in [0.1, 0.15) is 50.1 Å². The van der Waals surface area contributed by atoms with Crippen LogP contribution in [0.4, 0.5) is 0 Å². The van der Waals surface area contributed by atoms with Gasteiger partial charge in [-0.05, 0) is 222 Å². The molecule has 132 heavy (non-hydrogen) atoms. The standard InChI is InChI=1S/C19H14O.4C13H10O.4C13H10S/c1-13-5-4-6-14(11-13)15-9-10-19-17(12-15)16-7-2-3-8-18(16)20-19;1-9-5-4-7-11-10-6-2-3-8-12(10)14-13(9)11;1-9-5-4-8-12-13(9)10-6-2-3-7-11(10)14-12;1-9-6-7-13-11(8-9)10-4-2-3-5-12(10)14-13;1-9-6-7-11-10-4-2-3-5-12(10)14-13(11)8-9;1-9-5-4-7-11-10-6-2-3-8-12(10)14-13(9)11;1-9-5-4-8-12-13(9)10-6-2-3-7-11(10)14-12;1-9-6-7-13-11(8-9)10-4-2-3-5-12(10)14-13;1-9-6-7-11-10-4-2-3-5-12(10)14-13(11)8-9/h2-12H,1H3;8*2-8H,1H3. The Balaban J connectivity index is 0.0000000928. The Morgan fingerprint density at radius 3 is 1.14 bits per heavy atom. The molecule has 0 spiro atoms. The molecule has 0 fully saturated rings. The van der Waals surface area contributed by atoms with Crippen molar-refractivity contribution in [2.75, 3.05) is 0 Å². The zero-order chi connectivity index (χ0) is 89.9. The average molecular weight is 1780 g/mol. The average Bonchev–Trinajstić information content (AvgIpc) is 1.63. The molecule has 0 saturated carbocycles. The largest absolute Gasteiger partial charge is 0.456 e. The van der Waals surface area contributed by atoms with Crippen molar-refractivity contribution >= 4 is 236 Å². The van der Waals surface area contributed by atoms with E-state index >= 15 is 0 Å². The normalized spacial score (nSPS) is 11.2. The highest BCUT2D eigenvalue weighted by Crippen LogP contribution is 2.42. The van der Waals surface area contributed by atoms with Gasteiger partial charge in [-0.1, -0.05) is 308 Å². The highest BCUT2D eigenvalue weighted by atomic mass is 32.1. The van der Waals surface area contributed by atoms with Crippen LogP contribution in [-0.2, 0) is 0 Å². The van der Waals surface area contributed by atoms with Crippen molar-refractivity contribution in [3.05, 3.63) is 457 Å². The molecule has 0 bridgehead atoms. The van der Waals surface area contributed by atoms with Crippen molar-refractivity contribution < 1.29 is 22.1 Å². The van der Waals surface area contributed by atoms with E-state index in [4.69, 9.17) is 22.1 Å². The number of hydrogen-bond acceptors (Lipinski definition) is 9. The maximum absolute atomic E-state index is 5.87. The lowest BCUT2D eigenvalue weighted by Gasteiger charge is -2.03. The summed E-state index contributed by atoms with van der Waals surface area (Å²) >= 11 is 7.51. The monoisotopic (exact) mass is 1780 g/mol. The van der Waals surface area contributed by atoms with E-state index in [1.807, 2.05) is 148 Å². The lowest BCUT2D eigenvalue weighted by atomic mass is 10.0. The van der Waals surface area contributed by atoms with Crippen LogP contribution < -0.4 is 0 Å². The molecular formula is C123H94O5S4. The Morgan fingerprint density at radius 1 is 0.152 bits per heavy atom. The van der Waals surface area contributed by atoms with Gasteiger partial charge in [0.25, 0.3) is 0 Å². The molecular weight excluding hydrogens is 1690 g/mol. The van der Waals surface area contributed by atoms with Gasteiger partial charge in [0.1, 0.15) is 55.8 Å². The van der Waals surface area contributed by atoms with Gasteiger partial charge in [-0.25, -0.2) is 0 Å². The van der Waals surface area contributed by atoms with E-state index < -0.39 is 0 Å². The van der Waals surface area contributed by atoms with Crippen molar-refractivity contribution in [2.45, 2.75) is 62.3 Å². The summed E-state index contributed by atoms with van der Waals surface area (Å²) in [5, 5.41) is 23.2. The minimum Gasteiger partial charge on any atom is -0.456 e. The molecule has 0 atom stereocenters. The molecule has 640 valence electrons. The first-order valence-corrected chi connectivity index (χ1v) is 47.9. The molecule has 9 aromatic heterocycles. The third-order valence-corrected chi connectivity index (χ3v) is 29.0. The molecule has 0 aliphatic rings. The lowest BCUT2D eigenvalue weighted by molar-refractivity contribution is 0.665. The molecule has 28 aromatic rings. The van der Waals surface area contributed by atoms with Gasteiger partial charge < -0.3 is 22.1 Å². The summed E-state index contributed by atoms with van der Waals surface area (Å²) in [6.07, 6.45) is 0. The highest BCUT2D eigenvalue weighted by Gasteiger charge is 2.15. The third-order valence-electron chi connectivity index (χ3n) is 24.3. The number of furan rings is 5. The van der Waals surface area contributed by atoms with Crippen molar-refractivity contribution in [2.24, 2.45) is 0 Å². The zero-order valence-electron chi connectivity index (χ0n) is 74.9. The van der Waals surface area contributed by atoms with Gasteiger partial charge in [-0.2, -0.15) is 0 Å². The maximum atomic E-state index is 5.87. The van der Waals surface area contributed by atoms with Crippen LogP contribution in [0.3, 0.4) is 0 Å². The predicted octanol–water partition coefficient (Wildman–Crippen LogP) is 38.6. The molecule has 28 rings (SSSR count). The van der Waals surface area contributed by atoms with E-state index in [-0.39, 0.29) is 0 Å². The maximum Gasteiger partial charge on any atom is 0.138 e. The Kier molecular flexibility index (Phi) is 24.3. The van der Waals surface area contributed by atoms with E-state index in [0.29, 0.717) is 0 Å². The molecule has 0 aliphatic carbocycles. The van der Waals surface area contributed by atoms with Crippen LogP contribution in [0, 0.1) is 62.3 Å². The molecule has 0 amide bonds. The van der Waals surface area contributed by atoms with E-state index in [1.54, 1.807) is 0 Å². The number of fused-ring (bicyclic) bond motifs is 27. The highest BCUT2D eigenvalue weighted by molar-refractivity contribution is 7.27. The van der Waals surface area contributed by atoms with Crippen LogP contribution in [0.15, 0.2) is 429 Å². The van der Waals surface area contributed by atoms with Gasteiger partial charge >= 0.3 is 0 Å². The van der Waals surface area contributed by atoms with Crippen molar-refractivity contribution in [3.63, 3.8) is 0 Å². The van der Waals surface area contributed by atoms with Crippen LogP contribution >= 0.6 is 45.3 Å². The van der Waals surface area contributed by atoms with Crippen molar-refractivity contribution in [3.8, 4) is 11.1 Å². The zero-order valence-corrected chi connectivity index (χ0v) is 78.1. The minimum atomic E-state index is 0.947. The molecule has 0 saturated heterocycles. The van der Waals surface area contributed by atoms with Crippen LogP contribution in [-0.4, -0.2) is 0 Å². The van der Waals surface area contributed by atoms with Gasteiger partial charge in [-0.15, -0.1) is 45.3 Å². The predicted molar refractivity (Wildman–Crippen MR) is 574 cm³/mol. The van der Waals surface area contributed by atoms with Crippen molar-refractivity contribution in [1.29, 1.82) is 0 Å². The lowest BCUT2D eigenvalue weighted by Crippen LogP contribution is -1.79. The Morgan fingerprint density at radius 2 is 0.492 bits per heavy atom. The number of para-hydroxylation sites is 6. The van der Waals surface area contributed by atoms with Crippen molar-refractivity contribution in [1.82, 2.24) is 0 Å². The second kappa shape index (κ2) is 37.6. The second-order valence-corrected chi connectivity index (χ2v) is 38.1. The van der Waals surface area contributed by atoms with Crippen LogP contribution in [0.2, 0.25) is 0 Å². The summed E-state index contributed by atoms with van der Waals surface area (Å²) in [5.41, 5.74) is 23.8. The molecule has 0 N–H and O–H groups in total. The number of rotatable bonds is 1. The third kappa shape index (κ3) is 17.7. The Labute approximate surface area is 781 Å². The molecule has 19 aromatic carbocycles. The summed E-state index contributed by atoms with van der Waals surface area (Å²) < 4.78 is 40.0. The molecule has 5 nitrogen and oxygen atoms in total. The second-order valence-electron chi connectivity index (χ2n) is 33.8. The molecule has 9 heterocycles.